The van der Waals surface area contributed by atoms with E-state index in [2.05, 4.69) is 74.6 Å². The van der Waals surface area contributed by atoms with Gasteiger partial charge in [0, 0.05) is 19.4 Å². The largest absolute Gasteiger partial charge is 0.472 e. The van der Waals surface area contributed by atoms with Crippen molar-refractivity contribution in [3.05, 3.63) is 60.8 Å². The van der Waals surface area contributed by atoms with Gasteiger partial charge in [0.15, 0.2) is 6.10 Å². The molecular weight excluding hydrogens is 762 g/mol. The van der Waals surface area contributed by atoms with Crippen LogP contribution in [0.3, 0.4) is 0 Å². The summed E-state index contributed by atoms with van der Waals surface area (Å²) in [6, 6.07) is 0. The second-order valence-corrected chi connectivity index (χ2v) is 17.0. The van der Waals surface area contributed by atoms with Gasteiger partial charge in [-0.05, 0) is 77.0 Å². The number of ether oxygens (including phenoxy) is 2. The van der Waals surface area contributed by atoms with Crippen LogP contribution < -0.4 is 5.73 Å². The summed E-state index contributed by atoms with van der Waals surface area (Å²) < 4.78 is 32.9. The summed E-state index contributed by atoms with van der Waals surface area (Å²) in [5.74, 6) is -0.842. The van der Waals surface area contributed by atoms with Crippen molar-refractivity contribution >= 4 is 19.8 Å². The fourth-order valence-electron chi connectivity index (χ4n) is 6.39. The number of phosphoric ester groups is 1. The molecule has 0 aromatic rings. The Morgan fingerprint density at radius 1 is 0.525 bits per heavy atom. The molecule has 342 valence electrons. The lowest BCUT2D eigenvalue weighted by Gasteiger charge is -2.19. The Morgan fingerprint density at radius 2 is 0.932 bits per heavy atom. The minimum absolute atomic E-state index is 0.0492. The zero-order valence-corrected chi connectivity index (χ0v) is 38.6. The van der Waals surface area contributed by atoms with Crippen LogP contribution in [-0.4, -0.2) is 49.3 Å². The quantitative estimate of drug-likeness (QED) is 0.0266. The highest BCUT2D eigenvalue weighted by atomic mass is 31.2. The second kappa shape index (κ2) is 45.2. The number of esters is 2. The topological polar surface area (TPSA) is 134 Å². The van der Waals surface area contributed by atoms with Gasteiger partial charge in [-0.3, -0.25) is 18.6 Å². The summed E-state index contributed by atoms with van der Waals surface area (Å²) in [5.41, 5.74) is 5.36. The molecule has 0 spiro atoms. The number of unbranched alkanes of at least 4 members (excludes halogenated alkanes) is 21. The molecule has 0 saturated heterocycles. The average molecular weight is 850 g/mol. The summed E-state index contributed by atoms with van der Waals surface area (Å²) in [7, 11) is -4.39. The minimum Gasteiger partial charge on any atom is -0.462 e. The SMILES string of the molecule is CC/C=C\C/C=C\C/C=C\C/C=C\CCCCCCCCCCC(=O)OC(COC(=O)CCCCCCCCC/C=C\CCCCCCCC)COP(=O)(O)OCCN. The van der Waals surface area contributed by atoms with Crippen LogP contribution in [0.15, 0.2) is 60.8 Å². The van der Waals surface area contributed by atoms with Gasteiger partial charge in [0.1, 0.15) is 6.61 Å². The maximum atomic E-state index is 12.6. The highest BCUT2D eigenvalue weighted by Crippen LogP contribution is 2.43. The number of carbonyl (C=O) groups is 2. The summed E-state index contributed by atoms with van der Waals surface area (Å²) >= 11 is 0. The molecule has 2 unspecified atom stereocenters. The van der Waals surface area contributed by atoms with Gasteiger partial charge in [0.2, 0.25) is 0 Å². The van der Waals surface area contributed by atoms with Gasteiger partial charge in [-0.1, -0.05) is 177 Å². The Hall–Kier alpha value is -2.29. The highest BCUT2D eigenvalue weighted by Gasteiger charge is 2.26. The molecule has 0 amide bonds. The van der Waals surface area contributed by atoms with Crippen molar-refractivity contribution in [1.82, 2.24) is 0 Å². The third-order valence-electron chi connectivity index (χ3n) is 9.89. The van der Waals surface area contributed by atoms with Crippen molar-refractivity contribution < 1.29 is 37.6 Å². The third-order valence-corrected chi connectivity index (χ3v) is 10.9. The molecule has 0 aliphatic carbocycles. The smallest absolute Gasteiger partial charge is 0.462 e. The molecule has 0 aromatic carbocycles. The Bertz CT molecular complexity index is 1150. The molecule has 10 heteroatoms. The van der Waals surface area contributed by atoms with Crippen LogP contribution in [0.2, 0.25) is 0 Å². The minimum atomic E-state index is -4.39. The molecule has 0 aliphatic rings. The average Bonchev–Trinajstić information content (AvgIpc) is 3.22. The first kappa shape index (κ1) is 56.7. The van der Waals surface area contributed by atoms with E-state index in [-0.39, 0.29) is 38.6 Å². The Morgan fingerprint density at radius 3 is 1.41 bits per heavy atom. The summed E-state index contributed by atoms with van der Waals surface area (Å²) in [6.45, 7) is 3.61. The summed E-state index contributed by atoms with van der Waals surface area (Å²) in [5, 5.41) is 0. The second-order valence-electron chi connectivity index (χ2n) is 15.6. The Balaban J connectivity index is 4.12. The lowest BCUT2D eigenvalue weighted by Crippen LogP contribution is -2.29. The number of rotatable bonds is 44. The van der Waals surface area contributed by atoms with Crippen molar-refractivity contribution in [3.8, 4) is 0 Å². The first-order valence-corrected chi connectivity index (χ1v) is 25.3. The number of phosphoric acid groups is 1. The van der Waals surface area contributed by atoms with Gasteiger partial charge < -0.3 is 20.1 Å². The van der Waals surface area contributed by atoms with E-state index in [4.69, 9.17) is 24.3 Å². The van der Waals surface area contributed by atoms with Gasteiger partial charge in [0.05, 0.1) is 13.2 Å². The fraction of sp³-hybridized carbons (Fsp3) is 0.755. The molecular formula is C49H88NO8P. The lowest BCUT2D eigenvalue weighted by molar-refractivity contribution is -0.161. The Labute approximate surface area is 361 Å². The van der Waals surface area contributed by atoms with E-state index in [0.717, 1.165) is 83.5 Å². The molecule has 0 aromatic heterocycles. The van der Waals surface area contributed by atoms with E-state index in [1.54, 1.807) is 0 Å². The predicted molar refractivity (Wildman–Crippen MR) is 247 cm³/mol. The molecule has 0 bridgehead atoms. The maximum absolute atomic E-state index is 12.6. The van der Waals surface area contributed by atoms with Crippen LogP contribution >= 0.6 is 7.82 Å². The molecule has 59 heavy (non-hydrogen) atoms. The van der Waals surface area contributed by atoms with E-state index in [1.165, 1.54) is 89.9 Å². The zero-order chi connectivity index (χ0) is 43.2. The van der Waals surface area contributed by atoms with Crippen LogP contribution in [-0.2, 0) is 32.7 Å². The third kappa shape index (κ3) is 45.1. The molecule has 3 N–H and O–H groups in total. The molecule has 0 fully saturated rings. The number of nitrogens with two attached hydrogens (primary N) is 1. The summed E-state index contributed by atoms with van der Waals surface area (Å²) in [6.07, 6.45) is 53.9. The van der Waals surface area contributed by atoms with Gasteiger partial charge >= 0.3 is 19.8 Å². The standard InChI is InChI=1S/C49H88NO8P/c1-3-5-7-9-11-13-15-17-19-21-22-23-24-26-28-30-32-34-36-38-40-42-49(52)58-47(46-57-59(53,54)56-44-43-50)45-55-48(51)41-39-37-35-33-31-29-27-25-20-18-16-14-12-10-8-6-4-2/h5,7,11,13,17-20,22-23,47H,3-4,6,8-10,12,14-16,21,24-46,50H2,1-2H3,(H,53,54)/b7-5-,13-11-,19-17-,20-18-,23-22-. The van der Waals surface area contributed by atoms with Crippen LogP contribution in [0.25, 0.3) is 0 Å². The van der Waals surface area contributed by atoms with E-state index in [9.17, 15) is 19.0 Å². The normalized spacial score (nSPS) is 13.8. The monoisotopic (exact) mass is 850 g/mol. The molecule has 0 heterocycles. The van der Waals surface area contributed by atoms with Crippen molar-refractivity contribution in [1.29, 1.82) is 0 Å². The lowest BCUT2D eigenvalue weighted by atomic mass is 10.1. The Kier molecular flexibility index (Phi) is 43.5. The van der Waals surface area contributed by atoms with Crippen molar-refractivity contribution in [2.75, 3.05) is 26.4 Å². The number of carbonyl (C=O) groups excluding carboxylic acids is 2. The van der Waals surface area contributed by atoms with E-state index >= 15 is 0 Å². The van der Waals surface area contributed by atoms with E-state index in [1.807, 2.05) is 0 Å². The molecule has 0 radical (unpaired) electrons. The van der Waals surface area contributed by atoms with E-state index < -0.39 is 26.5 Å². The zero-order valence-electron chi connectivity index (χ0n) is 37.7. The van der Waals surface area contributed by atoms with Gasteiger partial charge in [-0.25, -0.2) is 4.57 Å². The van der Waals surface area contributed by atoms with Gasteiger partial charge in [-0.15, -0.1) is 0 Å². The molecule has 0 rings (SSSR count). The fourth-order valence-corrected chi connectivity index (χ4v) is 7.15. The van der Waals surface area contributed by atoms with Crippen molar-refractivity contribution in [3.63, 3.8) is 0 Å². The van der Waals surface area contributed by atoms with Crippen LogP contribution in [0.5, 0.6) is 0 Å². The van der Waals surface area contributed by atoms with Crippen LogP contribution in [0.4, 0.5) is 0 Å². The van der Waals surface area contributed by atoms with Gasteiger partial charge in [0.25, 0.3) is 0 Å². The number of hydrogen-bond acceptors (Lipinski definition) is 8. The van der Waals surface area contributed by atoms with E-state index in [0.29, 0.717) is 6.42 Å². The predicted octanol–water partition coefficient (Wildman–Crippen LogP) is 14.1. The highest BCUT2D eigenvalue weighted by molar-refractivity contribution is 7.47. The van der Waals surface area contributed by atoms with Crippen molar-refractivity contribution in [2.45, 2.75) is 213 Å². The van der Waals surface area contributed by atoms with Crippen molar-refractivity contribution in [2.24, 2.45) is 5.73 Å². The van der Waals surface area contributed by atoms with Crippen LogP contribution in [0, 0.1) is 0 Å². The molecule has 0 saturated carbocycles. The van der Waals surface area contributed by atoms with Crippen LogP contribution in [0.1, 0.15) is 206 Å². The number of allylic oxidation sites excluding steroid dienone is 10. The first-order valence-electron chi connectivity index (χ1n) is 23.8. The maximum Gasteiger partial charge on any atom is 0.472 e. The molecule has 0 aliphatic heterocycles. The summed E-state index contributed by atoms with van der Waals surface area (Å²) in [4.78, 5) is 35.0. The van der Waals surface area contributed by atoms with Gasteiger partial charge in [-0.2, -0.15) is 0 Å². The molecule has 2 atom stereocenters. The first-order chi connectivity index (χ1) is 28.8. The number of hydrogen-bond donors (Lipinski definition) is 2. The molecule has 9 nitrogen and oxygen atoms in total.